The van der Waals surface area contributed by atoms with Crippen LogP contribution in [0.25, 0.3) is 0 Å². The number of hydrogen-bond acceptors (Lipinski definition) is 4. The molecule has 5 rings (SSSR count). The van der Waals surface area contributed by atoms with Gasteiger partial charge in [0.1, 0.15) is 11.5 Å². The lowest BCUT2D eigenvalue weighted by atomic mass is 9.34. The number of aryl methyl sites for hydroxylation is 2. The molecule has 0 spiro atoms. The van der Waals surface area contributed by atoms with Gasteiger partial charge in [-0.05, 0) is 26.0 Å². The Labute approximate surface area is 152 Å². The number of fused-ring (bicyclic) bond motifs is 8. The van der Waals surface area contributed by atoms with Gasteiger partial charge in [0.25, 0.3) is 0 Å². The number of esters is 2. The van der Waals surface area contributed by atoms with Crippen molar-refractivity contribution >= 4 is 11.9 Å². The smallest absolute Gasteiger partial charge is 0.316 e. The highest BCUT2D eigenvalue weighted by Crippen LogP contribution is 2.71. The van der Waals surface area contributed by atoms with Crippen LogP contribution in [0.1, 0.15) is 36.1 Å². The van der Waals surface area contributed by atoms with Crippen molar-refractivity contribution in [2.24, 2.45) is 11.8 Å². The fourth-order valence-electron chi connectivity index (χ4n) is 5.48. The summed E-state index contributed by atoms with van der Waals surface area (Å²) in [6.07, 6.45) is 0. The average molecular weight is 348 g/mol. The summed E-state index contributed by atoms with van der Waals surface area (Å²) in [4.78, 5) is 25.6. The molecule has 132 valence electrons. The van der Waals surface area contributed by atoms with Gasteiger partial charge in [-0.25, -0.2) is 0 Å². The van der Waals surface area contributed by atoms with Crippen LogP contribution in [0.2, 0.25) is 0 Å². The monoisotopic (exact) mass is 348 g/mol. The van der Waals surface area contributed by atoms with Crippen molar-refractivity contribution in [3.63, 3.8) is 0 Å². The molecule has 0 saturated heterocycles. The van der Waals surface area contributed by atoms with Crippen molar-refractivity contribution in [3.8, 4) is 11.5 Å². The Hall–Kier alpha value is -2.62. The van der Waals surface area contributed by atoms with E-state index in [4.69, 9.17) is 9.47 Å². The van der Waals surface area contributed by atoms with E-state index in [-0.39, 0.29) is 11.9 Å². The zero-order valence-corrected chi connectivity index (χ0v) is 15.3. The molecule has 2 aromatic carbocycles. The third-order valence-electron chi connectivity index (χ3n) is 6.97. The number of carbonyl (C=O) groups is 2. The molecule has 0 unspecified atom stereocenters. The highest BCUT2D eigenvalue weighted by molar-refractivity contribution is 5.95. The van der Waals surface area contributed by atoms with E-state index in [2.05, 4.69) is 26.0 Å². The summed E-state index contributed by atoms with van der Waals surface area (Å²) in [5.41, 5.74) is 3.19. The summed E-state index contributed by atoms with van der Waals surface area (Å²) in [5.74, 6) is -0.510. The number of rotatable bonds is 0. The van der Waals surface area contributed by atoms with Gasteiger partial charge in [-0.1, -0.05) is 49.2 Å². The first-order valence-electron chi connectivity index (χ1n) is 8.94. The molecule has 26 heavy (non-hydrogen) atoms. The van der Waals surface area contributed by atoms with Crippen molar-refractivity contribution in [2.45, 2.75) is 38.5 Å². The van der Waals surface area contributed by atoms with Crippen LogP contribution in [0.5, 0.6) is 11.5 Å². The lowest BCUT2D eigenvalue weighted by Crippen LogP contribution is -2.75. The molecule has 2 heterocycles. The zero-order chi connectivity index (χ0) is 18.4. The highest BCUT2D eigenvalue weighted by Gasteiger charge is 2.77. The first-order chi connectivity index (χ1) is 12.3. The minimum atomic E-state index is -0.525. The maximum atomic E-state index is 12.8. The van der Waals surface area contributed by atoms with Gasteiger partial charge in [-0.3, -0.25) is 9.59 Å². The molecule has 0 amide bonds. The van der Waals surface area contributed by atoms with Crippen LogP contribution >= 0.6 is 0 Å². The van der Waals surface area contributed by atoms with E-state index in [0.717, 1.165) is 22.3 Å². The first kappa shape index (κ1) is 15.6. The minimum Gasteiger partial charge on any atom is -0.426 e. The molecule has 4 atom stereocenters. The molecular weight excluding hydrogens is 328 g/mol. The SMILES string of the molecule is Cc1ccc2c(c1)[C@]1(C)[C@H](C(=O)O2)[C@H]2C(=O)Oc3ccc(C)cc3[C@]21C. The van der Waals surface area contributed by atoms with E-state index in [1.165, 1.54) is 0 Å². The van der Waals surface area contributed by atoms with E-state index in [0.29, 0.717) is 11.5 Å². The predicted molar refractivity (Wildman–Crippen MR) is 95.3 cm³/mol. The molecule has 2 aromatic rings. The summed E-state index contributed by atoms with van der Waals surface area (Å²) in [7, 11) is 0. The maximum absolute atomic E-state index is 12.8. The van der Waals surface area contributed by atoms with E-state index in [9.17, 15) is 9.59 Å². The van der Waals surface area contributed by atoms with E-state index < -0.39 is 22.7 Å². The van der Waals surface area contributed by atoms with Crippen LogP contribution in [-0.4, -0.2) is 11.9 Å². The highest BCUT2D eigenvalue weighted by atomic mass is 16.5. The Balaban J connectivity index is 1.83. The summed E-state index contributed by atoms with van der Waals surface area (Å²) < 4.78 is 11.2. The van der Waals surface area contributed by atoms with Crippen molar-refractivity contribution in [1.29, 1.82) is 0 Å². The van der Waals surface area contributed by atoms with Gasteiger partial charge in [0.05, 0.1) is 11.8 Å². The van der Waals surface area contributed by atoms with Gasteiger partial charge in [0.2, 0.25) is 0 Å². The van der Waals surface area contributed by atoms with E-state index in [1.54, 1.807) is 0 Å². The Morgan fingerprint density at radius 2 is 1.12 bits per heavy atom. The quantitative estimate of drug-likeness (QED) is 0.539. The third kappa shape index (κ3) is 1.52. The molecule has 0 bridgehead atoms. The zero-order valence-electron chi connectivity index (χ0n) is 15.3. The number of benzene rings is 2. The van der Waals surface area contributed by atoms with Gasteiger partial charge in [0, 0.05) is 22.0 Å². The van der Waals surface area contributed by atoms with Crippen molar-refractivity contribution in [3.05, 3.63) is 58.7 Å². The van der Waals surface area contributed by atoms with Gasteiger partial charge < -0.3 is 9.47 Å². The number of carbonyl (C=O) groups excluding carboxylic acids is 2. The first-order valence-corrected chi connectivity index (χ1v) is 8.94. The molecule has 4 heteroatoms. The van der Waals surface area contributed by atoms with Crippen LogP contribution in [0.3, 0.4) is 0 Å². The number of ether oxygens (including phenoxy) is 2. The molecule has 1 saturated carbocycles. The Morgan fingerprint density at radius 3 is 1.50 bits per heavy atom. The molecule has 0 N–H and O–H groups in total. The second-order valence-corrected chi connectivity index (χ2v) is 8.20. The van der Waals surface area contributed by atoms with Crippen molar-refractivity contribution < 1.29 is 19.1 Å². The topological polar surface area (TPSA) is 52.6 Å². The second-order valence-electron chi connectivity index (χ2n) is 8.20. The Kier molecular flexibility index (Phi) is 2.74. The largest absolute Gasteiger partial charge is 0.426 e. The summed E-state index contributed by atoms with van der Waals surface area (Å²) in [5, 5.41) is 0. The van der Waals surface area contributed by atoms with Gasteiger partial charge in [-0.15, -0.1) is 0 Å². The predicted octanol–water partition coefficient (Wildman–Crippen LogP) is 3.60. The third-order valence-corrected chi connectivity index (χ3v) is 6.97. The fourth-order valence-corrected chi connectivity index (χ4v) is 5.48. The summed E-state index contributed by atoms with van der Waals surface area (Å²) >= 11 is 0. The standard InChI is InChI=1S/C22H20O4/c1-11-5-7-15-13(9-11)21(3)17(19(23)25-15)18-20(24)26-16-8-6-12(2)10-14(16)22(18,21)4/h5-10,17-18H,1-4H3/t17-,18-,21+,22+/m0/s1. The van der Waals surface area contributed by atoms with Crippen LogP contribution in [0, 0.1) is 25.7 Å². The molecular formula is C22H20O4. The average Bonchev–Trinajstić information content (AvgIpc) is 2.59. The normalized spacial score (nSPS) is 33.7. The molecule has 1 aliphatic carbocycles. The van der Waals surface area contributed by atoms with Crippen LogP contribution in [0.15, 0.2) is 36.4 Å². The van der Waals surface area contributed by atoms with Gasteiger partial charge >= 0.3 is 11.9 Å². The lowest BCUT2D eigenvalue weighted by Gasteiger charge is -2.67. The molecule has 3 aliphatic rings. The second kappa shape index (κ2) is 4.56. The summed E-state index contributed by atoms with van der Waals surface area (Å²) in [6.45, 7) is 8.25. The Bertz CT molecular complexity index is 926. The van der Waals surface area contributed by atoms with Gasteiger partial charge in [0.15, 0.2) is 0 Å². The summed E-state index contributed by atoms with van der Waals surface area (Å²) in [6, 6.07) is 11.8. The number of hydrogen-bond donors (Lipinski definition) is 0. The van der Waals surface area contributed by atoms with Crippen LogP contribution in [0.4, 0.5) is 0 Å². The molecule has 0 radical (unpaired) electrons. The molecule has 2 aliphatic heterocycles. The van der Waals surface area contributed by atoms with Crippen molar-refractivity contribution in [2.75, 3.05) is 0 Å². The minimum absolute atomic E-state index is 0.334. The fraction of sp³-hybridized carbons (Fsp3) is 0.364. The van der Waals surface area contributed by atoms with Crippen LogP contribution in [-0.2, 0) is 20.4 Å². The van der Waals surface area contributed by atoms with E-state index in [1.807, 2.05) is 38.1 Å². The molecule has 1 fully saturated rings. The van der Waals surface area contributed by atoms with Crippen LogP contribution < -0.4 is 9.47 Å². The lowest BCUT2D eigenvalue weighted by molar-refractivity contribution is -0.186. The molecule has 4 nitrogen and oxygen atoms in total. The van der Waals surface area contributed by atoms with Crippen molar-refractivity contribution in [1.82, 2.24) is 0 Å². The van der Waals surface area contributed by atoms with E-state index >= 15 is 0 Å². The maximum Gasteiger partial charge on any atom is 0.316 e. The van der Waals surface area contributed by atoms with Gasteiger partial charge in [-0.2, -0.15) is 0 Å². The molecule has 0 aromatic heterocycles. The Morgan fingerprint density at radius 1 is 0.731 bits per heavy atom.